The summed E-state index contributed by atoms with van der Waals surface area (Å²) < 4.78 is 11.9. The smallest absolute Gasteiger partial charge is 0.318 e. The molecule has 7 heteroatoms. The third-order valence-electron chi connectivity index (χ3n) is 2.05. The molecule has 92 valence electrons. The highest BCUT2D eigenvalue weighted by Crippen LogP contribution is 2.13. The molecule has 0 radical (unpaired) electrons. The number of nitrogens with one attached hydrogen (secondary N) is 1. The fourth-order valence-corrected chi connectivity index (χ4v) is 2.19. The molecule has 0 spiro atoms. The van der Waals surface area contributed by atoms with E-state index in [-0.39, 0.29) is 0 Å². The van der Waals surface area contributed by atoms with Crippen molar-refractivity contribution < 1.29 is 13.8 Å². The first-order chi connectivity index (χ1) is 7.91. The van der Waals surface area contributed by atoms with Crippen molar-refractivity contribution in [2.24, 2.45) is 5.73 Å². The SMILES string of the molecule is CC(C(=O)NC(N)=O)S(=O)c1ccc(N)cc1. The van der Waals surface area contributed by atoms with Gasteiger partial charge in [-0.25, -0.2) is 4.79 Å². The van der Waals surface area contributed by atoms with Crippen molar-refractivity contribution in [1.29, 1.82) is 0 Å². The van der Waals surface area contributed by atoms with E-state index in [0.29, 0.717) is 10.6 Å². The third kappa shape index (κ3) is 3.56. The zero-order valence-electron chi connectivity index (χ0n) is 9.17. The Morgan fingerprint density at radius 3 is 2.29 bits per heavy atom. The molecule has 1 aromatic carbocycles. The Labute approximate surface area is 101 Å². The van der Waals surface area contributed by atoms with Gasteiger partial charge in [0.1, 0.15) is 5.25 Å². The van der Waals surface area contributed by atoms with Gasteiger partial charge in [0.25, 0.3) is 0 Å². The van der Waals surface area contributed by atoms with Gasteiger partial charge in [-0.15, -0.1) is 0 Å². The largest absolute Gasteiger partial charge is 0.399 e. The number of urea groups is 1. The van der Waals surface area contributed by atoms with Crippen LogP contribution in [-0.4, -0.2) is 21.4 Å². The third-order valence-corrected chi connectivity index (χ3v) is 3.64. The average Bonchev–Trinajstić information content (AvgIpc) is 2.27. The first-order valence-corrected chi connectivity index (χ1v) is 5.99. The molecule has 2 atom stereocenters. The van der Waals surface area contributed by atoms with E-state index in [9.17, 15) is 13.8 Å². The highest BCUT2D eigenvalue weighted by Gasteiger charge is 2.22. The molecule has 1 rings (SSSR count). The average molecular weight is 255 g/mol. The molecule has 0 aliphatic heterocycles. The summed E-state index contributed by atoms with van der Waals surface area (Å²) in [6, 6.07) is 5.35. The number of nitrogen functional groups attached to an aromatic ring is 1. The molecule has 17 heavy (non-hydrogen) atoms. The van der Waals surface area contributed by atoms with Crippen molar-refractivity contribution in [3.8, 4) is 0 Å². The number of carbonyl (C=O) groups is 2. The Balaban J connectivity index is 2.79. The number of primary amides is 1. The van der Waals surface area contributed by atoms with Crippen molar-refractivity contribution in [3.63, 3.8) is 0 Å². The van der Waals surface area contributed by atoms with Gasteiger partial charge in [-0.3, -0.25) is 14.3 Å². The van der Waals surface area contributed by atoms with Crippen LogP contribution in [0.3, 0.4) is 0 Å². The topological polar surface area (TPSA) is 115 Å². The molecule has 1 aromatic rings. The second-order valence-electron chi connectivity index (χ2n) is 3.36. The zero-order valence-corrected chi connectivity index (χ0v) is 9.99. The van der Waals surface area contributed by atoms with Gasteiger partial charge >= 0.3 is 6.03 Å². The first kappa shape index (κ1) is 13.2. The van der Waals surface area contributed by atoms with E-state index >= 15 is 0 Å². The number of carbonyl (C=O) groups excluding carboxylic acids is 2. The molecule has 5 N–H and O–H groups in total. The number of hydrogen-bond acceptors (Lipinski definition) is 4. The number of benzene rings is 1. The van der Waals surface area contributed by atoms with Crippen molar-refractivity contribution in [3.05, 3.63) is 24.3 Å². The van der Waals surface area contributed by atoms with Crippen LogP contribution in [0.4, 0.5) is 10.5 Å². The van der Waals surface area contributed by atoms with Gasteiger partial charge in [-0.2, -0.15) is 0 Å². The van der Waals surface area contributed by atoms with Gasteiger partial charge in [0.15, 0.2) is 0 Å². The molecule has 0 aliphatic rings. The normalized spacial score (nSPS) is 13.7. The molecule has 3 amide bonds. The Kier molecular flexibility index (Phi) is 4.22. The quantitative estimate of drug-likeness (QED) is 0.657. The summed E-state index contributed by atoms with van der Waals surface area (Å²) in [7, 11) is -1.56. The zero-order chi connectivity index (χ0) is 13.0. The second kappa shape index (κ2) is 5.44. The number of nitrogens with two attached hydrogens (primary N) is 2. The molecule has 0 heterocycles. The van der Waals surface area contributed by atoms with E-state index in [2.05, 4.69) is 0 Å². The van der Waals surface area contributed by atoms with Crippen LogP contribution in [0.25, 0.3) is 0 Å². The molecule has 0 saturated heterocycles. The van der Waals surface area contributed by atoms with Gasteiger partial charge in [-0.05, 0) is 31.2 Å². The lowest BCUT2D eigenvalue weighted by atomic mass is 10.3. The maximum atomic E-state index is 11.9. The van der Waals surface area contributed by atoms with Gasteiger partial charge in [-0.1, -0.05) is 0 Å². The Morgan fingerprint density at radius 1 is 1.29 bits per heavy atom. The van der Waals surface area contributed by atoms with Crippen molar-refractivity contribution in [2.45, 2.75) is 17.1 Å². The predicted octanol–water partition coefficient (Wildman–Crippen LogP) is -0.0402. The summed E-state index contributed by atoms with van der Waals surface area (Å²) in [4.78, 5) is 22.4. The molecule has 6 nitrogen and oxygen atoms in total. The van der Waals surface area contributed by atoms with Gasteiger partial charge in [0, 0.05) is 10.6 Å². The maximum Gasteiger partial charge on any atom is 0.318 e. The Bertz CT molecular complexity index is 458. The number of hydrogen-bond donors (Lipinski definition) is 3. The van der Waals surface area contributed by atoms with Crippen molar-refractivity contribution in [2.75, 3.05) is 5.73 Å². The van der Waals surface area contributed by atoms with Crippen LogP contribution in [0.2, 0.25) is 0 Å². The fourth-order valence-electron chi connectivity index (χ4n) is 1.13. The summed E-state index contributed by atoms with van der Waals surface area (Å²) in [5.74, 6) is -0.673. The predicted molar refractivity (Wildman–Crippen MR) is 64.5 cm³/mol. The van der Waals surface area contributed by atoms with Crippen molar-refractivity contribution in [1.82, 2.24) is 5.32 Å². The van der Waals surface area contributed by atoms with Crippen LogP contribution in [0.1, 0.15) is 6.92 Å². The maximum absolute atomic E-state index is 11.9. The molecular formula is C10H13N3O3S. The van der Waals surface area contributed by atoms with Crippen LogP contribution < -0.4 is 16.8 Å². The van der Waals surface area contributed by atoms with Gasteiger partial charge < -0.3 is 11.5 Å². The van der Waals surface area contributed by atoms with Crippen LogP contribution in [0.5, 0.6) is 0 Å². The summed E-state index contributed by atoms with van der Waals surface area (Å²) in [5.41, 5.74) is 10.8. The Morgan fingerprint density at radius 2 is 1.82 bits per heavy atom. The van der Waals surface area contributed by atoms with E-state index < -0.39 is 28.0 Å². The van der Waals surface area contributed by atoms with E-state index in [1.807, 2.05) is 5.32 Å². The molecule has 0 aromatic heterocycles. The number of imide groups is 1. The van der Waals surface area contributed by atoms with Gasteiger partial charge in [0.05, 0.1) is 10.8 Å². The molecule has 0 aliphatic carbocycles. The minimum absolute atomic E-state index is 0.464. The highest BCUT2D eigenvalue weighted by atomic mass is 32.2. The lowest BCUT2D eigenvalue weighted by Crippen LogP contribution is -2.42. The lowest BCUT2D eigenvalue weighted by molar-refractivity contribution is -0.119. The van der Waals surface area contributed by atoms with Crippen LogP contribution in [0.15, 0.2) is 29.2 Å². The Hall–Kier alpha value is -1.89. The number of anilines is 1. The fraction of sp³-hybridized carbons (Fsp3) is 0.200. The lowest BCUT2D eigenvalue weighted by Gasteiger charge is -2.10. The number of rotatable bonds is 3. The van der Waals surface area contributed by atoms with E-state index in [4.69, 9.17) is 11.5 Å². The van der Waals surface area contributed by atoms with Crippen LogP contribution in [-0.2, 0) is 15.6 Å². The highest BCUT2D eigenvalue weighted by molar-refractivity contribution is 7.86. The van der Waals surface area contributed by atoms with E-state index in [1.54, 1.807) is 24.3 Å². The summed E-state index contributed by atoms with van der Waals surface area (Å²) in [5, 5.41) is 1.02. The standard InChI is InChI=1S/C10H13N3O3S/c1-6(9(14)13-10(12)15)17(16)8-4-2-7(11)3-5-8/h2-6H,11H2,1H3,(H3,12,13,14,15). The number of amides is 3. The minimum Gasteiger partial charge on any atom is -0.399 e. The second-order valence-corrected chi connectivity index (χ2v) is 5.14. The van der Waals surface area contributed by atoms with E-state index in [1.165, 1.54) is 6.92 Å². The molecule has 2 unspecified atom stereocenters. The van der Waals surface area contributed by atoms with E-state index in [0.717, 1.165) is 0 Å². The minimum atomic E-state index is -1.56. The summed E-state index contributed by atoms with van der Waals surface area (Å²) in [6.45, 7) is 1.45. The molecule has 0 bridgehead atoms. The van der Waals surface area contributed by atoms with Gasteiger partial charge in [0.2, 0.25) is 5.91 Å². The summed E-state index contributed by atoms with van der Waals surface area (Å²) >= 11 is 0. The monoisotopic (exact) mass is 255 g/mol. The first-order valence-electron chi connectivity index (χ1n) is 4.78. The molecular weight excluding hydrogens is 242 g/mol. The van der Waals surface area contributed by atoms with Crippen LogP contribution in [0, 0.1) is 0 Å². The summed E-state index contributed by atoms with van der Waals surface area (Å²) in [6.07, 6.45) is 0. The van der Waals surface area contributed by atoms with Crippen LogP contribution >= 0.6 is 0 Å². The molecule has 0 saturated carbocycles. The van der Waals surface area contributed by atoms with Crippen molar-refractivity contribution >= 4 is 28.4 Å². The molecule has 0 fully saturated rings.